The summed E-state index contributed by atoms with van der Waals surface area (Å²) in [6, 6.07) is 59.8. The molecule has 0 aliphatic heterocycles. The molecule has 0 aliphatic carbocycles. The number of nitrogens with zero attached hydrogens (tertiary/aromatic N) is 3. The number of furan rings is 3. The second-order valence-corrected chi connectivity index (χ2v) is 14.3. The number of fused-ring (bicyclic) bond motifs is 9. The molecule has 12 rings (SSSR count). The topological polar surface area (TPSA) is 78.1 Å². The summed E-state index contributed by atoms with van der Waals surface area (Å²) < 4.78 is 19.5. The zero-order valence-electron chi connectivity index (χ0n) is 30.3. The molecule has 8 aromatic carbocycles. The van der Waals surface area contributed by atoms with E-state index in [1.807, 2.05) is 97.1 Å². The van der Waals surface area contributed by atoms with Crippen molar-refractivity contribution in [2.24, 2.45) is 0 Å². The van der Waals surface area contributed by atoms with E-state index >= 15 is 0 Å². The highest BCUT2D eigenvalue weighted by Crippen LogP contribution is 2.44. The van der Waals surface area contributed by atoms with Crippen LogP contribution in [-0.2, 0) is 0 Å². The largest absolute Gasteiger partial charge is 0.456 e. The lowest BCUT2D eigenvalue weighted by Gasteiger charge is -2.10. The summed E-state index contributed by atoms with van der Waals surface area (Å²) in [5.41, 5.74) is 11.9. The quantitative estimate of drug-likeness (QED) is 0.175. The lowest BCUT2D eigenvalue weighted by atomic mass is 9.92. The van der Waals surface area contributed by atoms with E-state index in [1.54, 1.807) is 0 Å². The van der Waals surface area contributed by atoms with Crippen molar-refractivity contribution < 1.29 is 13.3 Å². The summed E-state index contributed by atoms with van der Waals surface area (Å²) in [6.45, 7) is 0. The van der Waals surface area contributed by atoms with Crippen LogP contribution in [0.1, 0.15) is 0 Å². The first-order valence-corrected chi connectivity index (χ1v) is 18.9. The molecule has 57 heavy (non-hydrogen) atoms. The highest BCUT2D eigenvalue weighted by Gasteiger charge is 2.20. The van der Waals surface area contributed by atoms with Gasteiger partial charge in [-0.2, -0.15) is 0 Å². The minimum absolute atomic E-state index is 0.581. The Labute approximate surface area is 325 Å². The summed E-state index contributed by atoms with van der Waals surface area (Å²) in [4.78, 5) is 14.8. The monoisotopic (exact) mass is 731 g/mol. The van der Waals surface area contributed by atoms with Crippen molar-refractivity contribution in [1.29, 1.82) is 0 Å². The predicted octanol–water partition coefficient (Wildman–Crippen LogP) is 13.9. The molecule has 0 saturated carbocycles. The zero-order valence-corrected chi connectivity index (χ0v) is 30.3. The summed E-state index contributed by atoms with van der Waals surface area (Å²) in [6.07, 6.45) is 0. The second-order valence-electron chi connectivity index (χ2n) is 14.3. The summed E-state index contributed by atoms with van der Waals surface area (Å²) in [5.74, 6) is 1.81. The third-order valence-corrected chi connectivity index (χ3v) is 10.9. The first-order chi connectivity index (χ1) is 28.2. The van der Waals surface area contributed by atoms with Crippen molar-refractivity contribution in [2.75, 3.05) is 0 Å². The number of benzene rings is 8. The molecule has 6 heteroatoms. The average molecular weight is 732 g/mol. The molecule has 0 spiro atoms. The van der Waals surface area contributed by atoms with Crippen molar-refractivity contribution in [3.8, 4) is 56.4 Å². The van der Waals surface area contributed by atoms with Crippen LogP contribution in [-0.4, -0.2) is 15.0 Å². The lowest BCUT2D eigenvalue weighted by Crippen LogP contribution is -2.00. The third-order valence-electron chi connectivity index (χ3n) is 10.9. The third kappa shape index (κ3) is 5.08. The maximum Gasteiger partial charge on any atom is 0.164 e. The van der Waals surface area contributed by atoms with Gasteiger partial charge in [0.05, 0.1) is 0 Å². The molecular formula is C51H29N3O3. The molecular weight excluding hydrogens is 703 g/mol. The fourth-order valence-corrected chi connectivity index (χ4v) is 8.27. The van der Waals surface area contributed by atoms with Gasteiger partial charge < -0.3 is 13.3 Å². The van der Waals surface area contributed by atoms with Crippen molar-refractivity contribution in [3.05, 3.63) is 176 Å². The standard InChI is InChI=1S/C51H29N3O3/c1-3-12-30(13-4-1)49-52-50(31-14-5-2-6-15-31)54-51(53-49)33-23-25-37-36-24-22-32(27-44(36)57-45(37)28-33)40-26-34(29-46-48(40)39-17-8-10-20-42(39)56-46)35-18-11-21-43-47(35)38-16-7-9-19-41(38)55-43/h1-29H. The molecule has 0 amide bonds. The molecule has 6 nitrogen and oxygen atoms in total. The van der Waals surface area contributed by atoms with E-state index in [4.69, 9.17) is 28.2 Å². The van der Waals surface area contributed by atoms with E-state index in [-0.39, 0.29) is 0 Å². The van der Waals surface area contributed by atoms with Gasteiger partial charge in [0, 0.05) is 49.0 Å². The summed E-state index contributed by atoms with van der Waals surface area (Å²) in [7, 11) is 0. The van der Waals surface area contributed by atoms with Gasteiger partial charge in [0.25, 0.3) is 0 Å². The number of hydrogen-bond acceptors (Lipinski definition) is 6. The van der Waals surface area contributed by atoms with Crippen molar-refractivity contribution in [2.45, 2.75) is 0 Å². The average Bonchev–Trinajstić information content (AvgIpc) is 3.97. The molecule has 4 aromatic heterocycles. The van der Waals surface area contributed by atoms with E-state index in [0.29, 0.717) is 17.5 Å². The van der Waals surface area contributed by atoms with Crippen molar-refractivity contribution in [1.82, 2.24) is 15.0 Å². The van der Waals surface area contributed by atoms with Crippen molar-refractivity contribution in [3.63, 3.8) is 0 Å². The molecule has 0 radical (unpaired) electrons. The van der Waals surface area contributed by atoms with Gasteiger partial charge in [-0.25, -0.2) is 15.0 Å². The molecule has 0 N–H and O–H groups in total. The van der Waals surface area contributed by atoms with Crippen LogP contribution in [0.15, 0.2) is 189 Å². The van der Waals surface area contributed by atoms with Crippen molar-refractivity contribution >= 4 is 65.8 Å². The van der Waals surface area contributed by atoms with E-state index in [1.165, 1.54) is 0 Å². The molecule has 0 saturated heterocycles. The maximum absolute atomic E-state index is 6.69. The Morgan fingerprint density at radius 1 is 0.263 bits per heavy atom. The molecule has 12 aromatic rings. The van der Waals surface area contributed by atoms with E-state index in [9.17, 15) is 0 Å². The van der Waals surface area contributed by atoms with E-state index < -0.39 is 0 Å². The van der Waals surface area contributed by atoms with Gasteiger partial charge in [-0.1, -0.05) is 121 Å². The number of rotatable bonds is 5. The van der Waals surface area contributed by atoms with Crippen LogP contribution in [0.25, 0.3) is 122 Å². The van der Waals surface area contributed by atoms with Gasteiger partial charge in [0.15, 0.2) is 17.5 Å². The Balaban J connectivity index is 1.02. The van der Waals surface area contributed by atoms with Gasteiger partial charge >= 0.3 is 0 Å². The first-order valence-electron chi connectivity index (χ1n) is 18.9. The minimum atomic E-state index is 0.581. The lowest BCUT2D eigenvalue weighted by molar-refractivity contribution is 0.668. The van der Waals surface area contributed by atoms with Gasteiger partial charge in [-0.05, 0) is 76.9 Å². The van der Waals surface area contributed by atoms with Crippen LogP contribution in [0.4, 0.5) is 0 Å². The van der Waals surface area contributed by atoms with Crippen LogP contribution in [0.5, 0.6) is 0 Å². The predicted molar refractivity (Wildman–Crippen MR) is 229 cm³/mol. The Kier molecular flexibility index (Phi) is 6.83. The van der Waals surface area contributed by atoms with Crippen LogP contribution in [0.3, 0.4) is 0 Å². The molecule has 0 aliphatic rings. The Morgan fingerprint density at radius 2 is 0.737 bits per heavy atom. The summed E-state index contributed by atoms with van der Waals surface area (Å²) >= 11 is 0. The van der Waals surface area contributed by atoms with Crippen LogP contribution >= 0.6 is 0 Å². The second kappa shape index (κ2) is 12.3. The molecule has 0 atom stereocenters. The van der Waals surface area contributed by atoms with Crippen LogP contribution < -0.4 is 0 Å². The fraction of sp³-hybridized carbons (Fsp3) is 0. The van der Waals surface area contributed by atoms with E-state index in [2.05, 4.69) is 78.9 Å². The molecule has 0 fully saturated rings. The van der Waals surface area contributed by atoms with Gasteiger partial charge in [0.2, 0.25) is 0 Å². The van der Waals surface area contributed by atoms with Gasteiger partial charge in [-0.3, -0.25) is 0 Å². The molecule has 4 heterocycles. The number of aromatic nitrogens is 3. The SMILES string of the molecule is c1ccc(-c2nc(-c3ccccc3)nc(-c3ccc4c(c3)oc3cc(-c5cc(-c6cccc7oc8ccccc8c67)cc6oc7ccccc7c56)ccc34)n2)cc1. The number of para-hydroxylation sites is 2. The molecule has 0 bridgehead atoms. The Hall–Kier alpha value is -7.83. The first kappa shape index (κ1) is 31.5. The fourth-order valence-electron chi connectivity index (χ4n) is 8.27. The molecule has 266 valence electrons. The zero-order chi connectivity index (χ0) is 37.5. The Morgan fingerprint density at radius 3 is 1.39 bits per heavy atom. The van der Waals surface area contributed by atoms with Gasteiger partial charge in [0.1, 0.15) is 33.5 Å². The summed E-state index contributed by atoms with van der Waals surface area (Å²) in [5, 5.41) is 6.36. The number of hydrogen-bond donors (Lipinski definition) is 0. The van der Waals surface area contributed by atoms with Crippen LogP contribution in [0.2, 0.25) is 0 Å². The molecule has 0 unspecified atom stereocenters. The van der Waals surface area contributed by atoms with Crippen LogP contribution in [0, 0.1) is 0 Å². The smallest absolute Gasteiger partial charge is 0.164 e. The minimum Gasteiger partial charge on any atom is -0.456 e. The highest BCUT2D eigenvalue weighted by molar-refractivity contribution is 6.17. The maximum atomic E-state index is 6.69. The van der Waals surface area contributed by atoms with E-state index in [0.717, 1.165) is 105 Å². The highest BCUT2D eigenvalue weighted by atomic mass is 16.3. The Bertz CT molecular complexity index is 3470. The van der Waals surface area contributed by atoms with Gasteiger partial charge in [-0.15, -0.1) is 0 Å². The normalized spacial score (nSPS) is 11.9.